The zero-order valence-corrected chi connectivity index (χ0v) is 21.1. The van der Waals surface area contributed by atoms with Gasteiger partial charge in [0, 0.05) is 61.6 Å². The molecule has 1 amide bonds. The summed E-state index contributed by atoms with van der Waals surface area (Å²) in [6, 6.07) is 7.27. The van der Waals surface area contributed by atoms with Gasteiger partial charge in [0.2, 0.25) is 11.8 Å². The van der Waals surface area contributed by atoms with Crippen molar-refractivity contribution in [2.45, 2.75) is 114 Å². The van der Waals surface area contributed by atoms with Crippen LogP contribution >= 0.6 is 0 Å². The van der Waals surface area contributed by atoms with Gasteiger partial charge in [0.05, 0.1) is 6.04 Å². The molecule has 5 rings (SSSR count). The molecule has 3 atom stereocenters. The lowest BCUT2D eigenvalue weighted by Gasteiger charge is -2.40. The van der Waals surface area contributed by atoms with Crippen molar-refractivity contribution in [2.75, 3.05) is 6.50 Å². The van der Waals surface area contributed by atoms with Gasteiger partial charge >= 0.3 is 0 Å². The lowest BCUT2D eigenvalue weighted by Crippen LogP contribution is -2.45. The number of nitrogens with zero attached hydrogens (tertiary/aromatic N) is 4. The van der Waals surface area contributed by atoms with E-state index in [2.05, 4.69) is 15.5 Å². The largest absolute Gasteiger partial charge is 0.349 e. The van der Waals surface area contributed by atoms with Crippen LogP contribution in [0.5, 0.6) is 0 Å². The van der Waals surface area contributed by atoms with Crippen LogP contribution in [-0.4, -0.2) is 50.1 Å². The summed E-state index contributed by atoms with van der Waals surface area (Å²) in [7, 11) is 0. The Hall–Kier alpha value is -2.35. The Morgan fingerprint density at radius 3 is 2.46 bits per heavy atom. The standard InChI is InChI=1S/C29H41F2N5O/c1-19(2)27-34-33-20(3)36(27)25-17-23-9-10-24(18-25)35(23)16-13-26(21-7-5-4-6-8-21)32-28(37)22-11-14-29(30,31)15-12-22/h4-8,19,22-26H,9-18H2,1-3H3,(H,32,37)/i1D3,2D3,16D2,19D. The highest BCUT2D eigenvalue weighted by molar-refractivity contribution is 5.79. The summed E-state index contributed by atoms with van der Waals surface area (Å²) >= 11 is 0. The van der Waals surface area contributed by atoms with Gasteiger partial charge in [0.15, 0.2) is 0 Å². The monoisotopic (exact) mass is 522 g/mol. The Kier molecular flexibility index (Phi) is 5.04. The van der Waals surface area contributed by atoms with E-state index in [1.165, 1.54) is 4.57 Å². The molecular formula is C29H41F2N5O. The number of carbonyl (C=O) groups is 1. The lowest BCUT2D eigenvalue weighted by atomic mass is 9.86. The fourth-order valence-electron chi connectivity index (χ4n) is 6.32. The normalized spacial score (nSPS) is 31.9. The van der Waals surface area contributed by atoms with E-state index in [0.29, 0.717) is 31.2 Å². The molecule has 8 heteroatoms. The van der Waals surface area contributed by atoms with Crippen LogP contribution in [0.4, 0.5) is 8.78 Å². The molecule has 1 N–H and O–H groups in total. The van der Waals surface area contributed by atoms with Crippen LogP contribution in [0, 0.1) is 12.8 Å². The molecule has 3 fully saturated rings. The lowest BCUT2D eigenvalue weighted by molar-refractivity contribution is -0.130. The molecular weight excluding hydrogens is 472 g/mol. The summed E-state index contributed by atoms with van der Waals surface area (Å²) in [5.74, 6) is -6.88. The highest BCUT2D eigenvalue weighted by atomic mass is 19.3. The summed E-state index contributed by atoms with van der Waals surface area (Å²) in [6.07, 6.45) is 1.37. The average Bonchev–Trinajstić information content (AvgIpc) is 3.48. The number of fused-ring (bicyclic) bond motifs is 2. The molecule has 3 heterocycles. The molecule has 6 nitrogen and oxygen atoms in total. The van der Waals surface area contributed by atoms with E-state index in [9.17, 15) is 16.3 Å². The Bertz CT molecular complexity index is 1360. The molecule has 202 valence electrons. The Labute approximate surface area is 231 Å². The highest BCUT2D eigenvalue weighted by Gasteiger charge is 2.42. The second kappa shape index (κ2) is 10.8. The van der Waals surface area contributed by atoms with Crippen molar-refractivity contribution in [2.24, 2.45) is 5.92 Å². The fourth-order valence-corrected chi connectivity index (χ4v) is 6.32. The predicted octanol–water partition coefficient (Wildman–Crippen LogP) is 5.95. The first-order valence-electron chi connectivity index (χ1n) is 17.7. The zero-order chi connectivity index (χ0) is 33.9. The molecule has 2 bridgehead atoms. The second-order valence-corrected chi connectivity index (χ2v) is 10.7. The van der Waals surface area contributed by atoms with Crippen LogP contribution < -0.4 is 5.32 Å². The van der Waals surface area contributed by atoms with E-state index in [1.807, 2.05) is 11.0 Å². The smallest absolute Gasteiger partial charge is 0.248 e. The molecule has 1 saturated carbocycles. The van der Waals surface area contributed by atoms with Gasteiger partial charge in [-0.25, -0.2) is 8.78 Å². The van der Waals surface area contributed by atoms with Crippen LogP contribution in [0.2, 0.25) is 0 Å². The van der Waals surface area contributed by atoms with Gasteiger partial charge in [-0.15, -0.1) is 10.2 Å². The number of carbonyl (C=O) groups excluding carboxylic acids is 1. The van der Waals surface area contributed by atoms with E-state index >= 15 is 0 Å². The van der Waals surface area contributed by atoms with E-state index in [-0.39, 0.29) is 55.9 Å². The average molecular weight is 523 g/mol. The fraction of sp³-hybridized carbons (Fsp3) is 0.690. The maximum Gasteiger partial charge on any atom is 0.248 e. The summed E-state index contributed by atoms with van der Waals surface area (Å²) in [4.78, 5) is 15.1. The molecule has 0 spiro atoms. The van der Waals surface area contributed by atoms with E-state index in [0.717, 1.165) is 0 Å². The minimum Gasteiger partial charge on any atom is -0.349 e. The molecule has 37 heavy (non-hydrogen) atoms. The van der Waals surface area contributed by atoms with Gasteiger partial charge < -0.3 is 9.88 Å². The van der Waals surface area contributed by atoms with Gasteiger partial charge in [-0.2, -0.15) is 0 Å². The minimum atomic E-state index is -3.22. The third-order valence-electron chi connectivity index (χ3n) is 8.25. The number of aryl methyl sites for hydroxylation is 1. The second-order valence-electron chi connectivity index (χ2n) is 10.7. The number of piperidine rings is 1. The first-order valence-corrected chi connectivity index (χ1v) is 13.2. The molecule has 3 aliphatic rings. The SMILES string of the molecule is [2H]C([2H])(CC(NC(=O)C1CCC(F)(F)CC1)c1ccccc1)N1C2CCC1CC(n1c(C)nnc1C([2H])(C([2H])([2H])[2H])C([2H])([2H])[2H])C2. The van der Waals surface area contributed by atoms with Crippen molar-refractivity contribution in [3.05, 3.63) is 47.5 Å². The Morgan fingerprint density at radius 2 is 1.81 bits per heavy atom. The van der Waals surface area contributed by atoms with Crippen molar-refractivity contribution in [3.8, 4) is 0 Å². The van der Waals surface area contributed by atoms with E-state index in [1.54, 1.807) is 31.2 Å². The quantitative estimate of drug-likeness (QED) is 0.465. The summed E-state index contributed by atoms with van der Waals surface area (Å²) < 4.78 is 104. The van der Waals surface area contributed by atoms with Crippen LogP contribution in [0.15, 0.2) is 30.3 Å². The summed E-state index contributed by atoms with van der Waals surface area (Å²) in [5, 5.41) is 10.9. The third-order valence-corrected chi connectivity index (χ3v) is 8.25. The number of halogens is 2. The number of nitrogens with one attached hydrogen (secondary N) is 1. The van der Waals surface area contributed by atoms with Gasteiger partial charge in [0.1, 0.15) is 11.6 Å². The molecule has 3 unspecified atom stereocenters. The number of hydrogen-bond donors (Lipinski definition) is 1. The Balaban J connectivity index is 1.37. The van der Waals surface area contributed by atoms with Crippen molar-refractivity contribution in [1.82, 2.24) is 25.0 Å². The number of benzene rings is 1. The molecule has 1 aromatic heterocycles. The van der Waals surface area contributed by atoms with Crippen LogP contribution in [-0.2, 0) is 4.79 Å². The predicted molar refractivity (Wildman–Crippen MR) is 139 cm³/mol. The molecule has 2 saturated heterocycles. The van der Waals surface area contributed by atoms with Crippen molar-refractivity contribution < 1.29 is 25.9 Å². The van der Waals surface area contributed by atoms with Crippen LogP contribution in [0.3, 0.4) is 0 Å². The van der Waals surface area contributed by atoms with Crippen molar-refractivity contribution >= 4 is 5.91 Å². The van der Waals surface area contributed by atoms with Crippen LogP contribution in [0.1, 0.15) is 119 Å². The Morgan fingerprint density at radius 1 is 1.14 bits per heavy atom. The number of aromatic nitrogens is 3. The van der Waals surface area contributed by atoms with Gasteiger partial charge in [0.25, 0.3) is 0 Å². The molecule has 0 radical (unpaired) electrons. The number of hydrogen-bond acceptors (Lipinski definition) is 4. The zero-order valence-electron chi connectivity index (χ0n) is 30.1. The van der Waals surface area contributed by atoms with E-state index in [4.69, 9.17) is 9.60 Å². The first-order chi connectivity index (χ1) is 21.2. The number of amides is 1. The minimum absolute atomic E-state index is 0.0680. The maximum absolute atomic E-state index is 13.7. The van der Waals surface area contributed by atoms with E-state index < -0.39 is 55.8 Å². The third kappa shape index (κ3) is 5.74. The topological polar surface area (TPSA) is 63.1 Å². The van der Waals surface area contributed by atoms with Gasteiger partial charge in [-0.05, 0) is 57.4 Å². The summed E-state index contributed by atoms with van der Waals surface area (Å²) in [5.41, 5.74) is 0.703. The van der Waals surface area contributed by atoms with Crippen molar-refractivity contribution in [1.29, 1.82) is 0 Å². The molecule has 2 aromatic rings. The maximum atomic E-state index is 13.7. The number of rotatable bonds is 8. The first kappa shape index (κ1) is 17.3. The van der Waals surface area contributed by atoms with Crippen molar-refractivity contribution in [3.63, 3.8) is 0 Å². The molecule has 1 aromatic carbocycles. The molecule has 2 aliphatic heterocycles. The highest BCUT2D eigenvalue weighted by Crippen LogP contribution is 2.42. The summed E-state index contributed by atoms with van der Waals surface area (Å²) in [6.45, 7) is -6.75. The van der Waals surface area contributed by atoms with Gasteiger partial charge in [-0.1, -0.05) is 44.0 Å². The molecule has 1 aliphatic carbocycles. The number of alkyl halides is 2. The van der Waals surface area contributed by atoms with Crippen LogP contribution in [0.25, 0.3) is 0 Å². The van der Waals surface area contributed by atoms with Gasteiger partial charge in [-0.3, -0.25) is 9.69 Å².